The summed E-state index contributed by atoms with van der Waals surface area (Å²) in [5.74, 6) is -0.186. The van der Waals surface area contributed by atoms with Gasteiger partial charge in [-0.25, -0.2) is 9.78 Å². The average molecular weight is 555 g/mol. The van der Waals surface area contributed by atoms with Crippen molar-refractivity contribution >= 4 is 33.4 Å². The molecule has 0 bridgehead atoms. The molecule has 0 aliphatic carbocycles. The molecule has 4 rings (SSSR count). The van der Waals surface area contributed by atoms with Crippen LogP contribution in [0.4, 0.5) is 18.0 Å². The van der Waals surface area contributed by atoms with E-state index in [-0.39, 0.29) is 24.5 Å². The number of hydrogen-bond donors (Lipinski definition) is 1. The second-order valence-corrected chi connectivity index (χ2v) is 9.77. The average Bonchev–Trinajstić information content (AvgIpc) is 3.21. The highest BCUT2D eigenvalue weighted by molar-refractivity contribution is 9.09. The van der Waals surface area contributed by atoms with Crippen molar-refractivity contribution in [1.29, 1.82) is 0 Å². The second-order valence-electron chi connectivity index (χ2n) is 7.89. The maximum atomic E-state index is 14.2. The predicted molar refractivity (Wildman–Crippen MR) is 129 cm³/mol. The summed E-state index contributed by atoms with van der Waals surface area (Å²) < 4.78 is 48.0. The molecule has 1 aromatic heterocycles. The zero-order valence-corrected chi connectivity index (χ0v) is 20.7. The van der Waals surface area contributed by atoms with E-state index in [0.29, 0.717) is 40.9 Å². The number of nitrogens with zero attached hydrogens (tertiary/aromatic N) is 2. The van der Waals surface area contributed by atoms with E-state index in [4.69, 9.17) is 9.72 Å². The lowest BCUT2D eigenvalue weighted by Crippen LogP contribution is -2.34. The van der Waals surface area contributed by atoms with Crippen molar-refractivity contribution in [2.75, 3.05) is 18.5 Å². The van der Waals surface area contributed by atoms with Crippen molar-refractivity contribution in [2.24, 2.45) is 0 Å². The maximum Gasteiger partial charge on any atom is 0.420 e. The van der Waals surface area contributed by atoms with Gasteiger partial charge in [0, 0.05) is 28.7 Å². The van der Waals surface area contributed by atoms with Gasteiger partial charge in [-0.05, 0) is 36.1 Å². The molecule has 0 saturated carbocycles. The summed E-state index contributed by atoms with van der Waals surface area (Å²) in [5.41, 5.74) is 1.97. The lowest BCUT2D eigenvalue weighted by molar-refractivity contribution is -0.138. The van der Waals surface area contributed by atoms with Gasteiger partial charge in [-0.2, -0.15) is 13.2 Å². The highest BCUT2D eigenvalue weighted by Crippen LogP contribution is 2.45. The number of fused-ring (bicyclic) bond motifs is 1. The van der Waals surface area contributed by atoms with Crippen LogP contribution in [0.2, 0.25) is 0 Å². The number of alkyl halides is 4. The summed E-state index contributed by atoms with van der Waals surface area (Å²) in [4.78, 5) is 18.2. The van der Waals surface area contributed by atoms with E-state index in [1.165, 1.54) is 28.4 Å². The molecular formula is C24H22BrF3N2O3S. The van der Waals surface area contributed by atoms with Crippen molar-refractivity contribution in [2.45, 2.75) is 32.5 Å². The quantitative estimate of drug-likeness (QED) is 0.263. The molecule has 1 amide bonds. The van der Waals surface area contributed by atoms with Crippen LogP contribution in [0.1, 0.15) is 28.1 Å². The van der Waals surface area contributed by atoms with E-state index in [9.17, 15) is 23.1 Å². The molecule has 0 unspecified atom stereocenters. The van der Waals surface area contributed by atoms with Crippen LogP contribution in [-0.2, 0) is 19.1 Å². The molecule has 0 atom stereocenters. The summed E-state index contributed by atoms with van der Waals surface area (Å²) in [5, 5.41) is 10.6. The minimum absolute atomic E-state index is 0.0570. The minimum atomic E-state index is -4.59. The first kappa shape index (κ1) is 24.5. The Kier molecular flexibility index (Phi) is 7.18. The molecule has 0 saturated heterocycles. The van der Waals surface area contributed by atoms with E-state index in [2.05, 4.69) is 15.9 Å². The lowest BCUT2D eigenvalue weighted by atomic mass is 9.92. The van der Waals surface area contributed by atoms with Crippen molar-refractivity contribution in [3.05, 3.63) is 58.1 Å². The van der Waals surface area contributed by atoms with Crippen LogP contribution in [0.15, 0.2) is 36.4 Å². The highest BCUT2D eigenvalue weighted by Gasteiger charge is 2.38. The summed E-state index contributed by atoms with van der Waals surface area (Å²) in [6, 6.07) is 9.61. The Morgan fingerprint density at radius 3 is 2.62 bits per heavy atom. The highest BCUT2D eigenvalue weighted by atomic mass is 79.9. The number of carboxylic acid groups (broad SMARTS) is 1. The number of aromatic nitrogens is 1. The van der Waals surface area contributed by atoms with Gasteiger partial charge in [-0.1, -0.05) is 46.3 Å². The van der Waals surface area contributed by atoms with Crippen LogP contribution in [0.5, 0.6) is 5.75 Å². The lowest BCUT2D eigenvalue weighted by Gasteiger charge is -2.22. The first-order chi connectivity index (χ1) is 16.2. The first-order valence-electron chi connectivity index (χ1n) is 10.7. The zero-order valence-electron chi connectivity index (χ0n) is 18.3. The van der Waals surface area contributed by atoms with Crippen molar-refractivity contribution in [1.82, 2.24) is 9.88 Å². The molecule has 10 heteroatoms. The van der Waals surface area contributed by atoms with E-state index >= 15 is 0 Å². The van der Waals surface area contributed by atoms with Crippen molar-refractivity contribution in [3.63, 3.8) is 0 Å². The number of rotatable bonds is 6. The van der Waals surface area contributed by atoms with Gasteiger partial charge >= 0.3 is 12.3 Å². The minimum Gasteiger partial charge on any atom is -0.493 e. The third-order valence-electron chi connectivity index (χ3n) is 5.70. The predicted octanol–water partition coefficient (Wildman–Crippen LogP) is 7.00. The summed E-state index contributed by atoms with van der Waals surface area (Å²) in [7, 11) is 0. The van der Waals surface area contributed by atoms with E-state index in [1.54, 1.807) is 25.1 Å². The standard InChI is InChI=1S/C24H22BrF3N2O3S/c1-14-15(17-7-3-8-19(33-12-4-10-25)21(17)24(26,27)28)5-2-6-16(14)22-29-18-9-11-30(23(31)32)13-20(18)34-22/h2-3,5-8H,4,9-13H2,1H3,(H,31,32). The fraction of sp³-hybridized carbons (Fsp3) is 0.333. The number of carbonyl (C=O) groups is 1. The number of ether oxygens (including phenoxy) is 1. The first-order valence-corrected chi connectivity index (χ1v) is 12.6. The van der Waals surface area contributed by atoms with E-state index < -0.39 is 17.8 Å². The molecule has 2 heterocycles. The molecule has 0 spiro atoms. The van der Waals surface area contributed by atoms with E-state index in [1.807, 2.05) is 6.07 Å². The summed E-state index contributed by atoms with van der Waals surface area (Å²) in [6.07, 6.45) is -4.47. The van der Waals surface area contributed by atoms with Gasteiger partial charge in [0.25, 0.3) is 0 Å². The third-order valence-corrected chi connectivity index (χ3v) is 7.38. The Bertz CT molecular complexity index is 1210. The number of halogens is 4. The van der Waals surface area contributed by atoms with Crippen LogP contribution in [-0.4, -0.2) is 39.6 Å². The topological polar surface area (TPSA) is 62.7 Å². The van der Waals surface area contributed by atoms with Crippen molar-refractivity contribution in [3.8, 4) is 27.4 Å². The van der Waals surface area contributed by atoms with Gasteiger partial charge < -0.3 is 14.7 Å². The molecule has 5 nitrogen and oxygen atoms in total. The second kappa shape index (κ2) is 9.95. The Labute approximate surface area is 207 Å². The van der Waals surface area contributed by atoms with Gasteiger partial charge in [0.05, 0.1) is 18.8 Å². The van der Waals surface area contributed by atoms with Gasteiger partial charge in [0.2, 0.25) is 0 Å². The Morgan fingerprint density at radius 2 is 1.91 bits per heavy atom. The number of benzene rings is 2. The molecule has 1 N–H and O–H groups in total. The smallest absolute Gasteiger partial charge is 0.420 e. The molecular weight excluding hydrogens is 533 g/mol. The summed E-state index contributed by atoms with van der Waals surface area (Å²) in [6.45, 7) is 2.61. The Morgan fingerprint density at radius 1 is 1.21 bits per heavy atom. The molecule has 1 aliphatic rings. The Hall–Kier alpha value is -2.59. The van der Waals surface area contributed by atoms with Crippen LogP contribution >= 0.6 is 27.3 Å². The van der Waals surface area contributed by atoms with E-state index in [0.717, 1.165) is 16.1 Å². The molecule has 0 radical (unpaired) electrons. The normalized spacial score (nSPS) is 13.6. The van der Waals surface area contributed by atoms with Crippen LogP contribution in [0, 0.1) is 6.92 Å². The fourth-order valence-electron chi connectivity index (χ4n) is 4.04. The number of amides is 1. The molecule has 1 aliphatic heterocycles. The van der Waals surface area contributed by atoms with Crippen molar-refractivity contribution < 1.29 is 27.8 Å². The van der Waals surface area contributed by atoms with Gasteiger partial charge in [-0.3, -0.25) is 0 Å². The van der Waals surface area contributed by atoms with Crippen LogP contribution in [0.3, 0.4) is 0 Å². The number of hydrogen-bond acceptors (Lipinski definition) is 4. The van der Waals surface area contributed by atoms with Gasteiger partial charge in [0.1, 0.15) is 16.3 Å². The van der Waals surface area contributed by atoms with Crippen LogP contribution in [0.25, 0.3) is 21.7 Å². The number of thiazole rings is 1. The molecule has 180 valence electrons. The maximum absolute atomic E-state index is 14.2. The molecule has 0 fully saturated rings. The third kappa shape index (κ3) is 4.93. The fourth-order valence-corrected chi connectivity index (χ4v) is 5.47. The zero-order chi connectivity index (χ0) is 24.5. The molecule has 3 aromatic rings. The monoisotopic (exact) mass is 554 g/mol. The van der Waals surface area contributed by atoms with Gasteiger partial charge in [0.15, 0.2) is 0 Å². The molecule has 2 aromatic carbocycles. The summed E-state index contributed by atoms with van der Waals surface area (Å²) >= 11 is 4.65. The largest absolute Gasteiger partial charge is 0.493 e. The Balaban J connectivity index is 1.77. The van der Waals surface area contributed by atoms with Gasteiger partial charge in [-0.15, -0.1) is 11.3 Å². The SMILES string of the molecule is Cc1c(-c2nc3c(s2)CN(C(=O)O)CC3)cccc1-c1cccc(OCCCBr)c1C(F)(F)F. The van der Waals surface area contributed by atoms with Crippen LogP contribution < -0.4 is 4.74 Å². The molecule has 34 heavy (non-hydrogen) atoms.